The number of nitrogens with one attached hydrogen (secondary N) is 1. The Labute approximate surface area is 130 Å². The van der Waals surface area contributed by atoms with Crippen LogP contribution < -0.4 is 4.72 Å². The molecule has 3 rings (SSSR count). The monoisotopic (exact) mass is 339 g/mol. The summed E-state index contributed by atoms with van der Waals surface area (Å²) in [4.78, 5) is 8.36. The van der Waals surface area contributed by atoms with Crippen molar-refractivity contribution in [3.05, 3.63) is 52.6 Å². The molecular weight excluding hydrogens is 330 g/mol. The highest BCUT2D eigenvalue weighted by atomic mass is 35.5. The fourth-order valence-corrected chi connectivity index (χ4v) is 4.36. The zero-order valence-electron chi connectivity index (χ0n) is 10.7. The Kier molecular flexibility index (Phi) is 3.90. The number of fused-ring (bicyclic) bond motifs is 1. The van der Waals surface area contributed by atoms with Crippen molar-refractivity contribution in [3.63, 3.8) is 0 Å². The van der Waals surface area contributed by atoms with Crippen LogP contribution in [0.2, 0.25) is 4.34 Å². The zero-order valence-corrected chi connectivity index (χ0v) is 13.0. The minimum atomic E-state index is -3.54. The second-order valence-corrected chi connectivity index (χ2v) is 7.97. The van der Waals surface area contributed by atoms with Crippen molar-refractivity contribution in [1.82, 2.24) is 14.7 Å². The lowest BCUT2D eigenvalue weighted by molar-refractivity contribution is 0.583. The van der Waals surface area contributed by atoms with E-state index in [0.717, 1.165) is 27.9 Å². The Morgan fingerprint density at radius 3 is 2.57 bits per heavy atom. The van der Waals surface area contributed by atoms with Gasteiger partial charge in [0.15, 0.2) is 0 Å². The number of benzene rings is 1. The van der Waals surface area contributed by atoms with E-state index in [1.807, 2.05) is 18.2 Å². The molecule has 0 aliphatic heterocycles. The first-order valence-corrected chi connectivity index (χ1v) is 8.67. The third-order valence-corrected chi connectivity index (χ3v) is 5.94. The normalized spacial score (nSPS) is 11.9. The van der Waals surface area contributed by atoms with Crippen molar-refractivity contribution in [2.24, 2.45) is 0 Å². The molecule has 2 heterocycles. The van der Waals surface area contributed by atoms with Crippen LogP contribution >= 0.6 is 22.9 Å². The zero-order chi connectivity index (χ0) is 14.9. The molecule has 0 aliphatic rings. The Morgan fingerprint density at radius 2 is 1.86 bits per heavy atom. The fourth-order valence-electron chi connectivity index (χ4n) is 1.81. The van der Waals surface area contributed by atoms with Crippen LogP contribution in [0, 0.1) is 0 Å². The highest BCUT2D eigenvalue weighted by Crippen LogP contribution is 2.25. The number of hydrogen-bond donors (Lipinski definition) is 1. The van der Waals surface area contributed by atoms with E-state index in [0.29, 0.717) is 4.34 Å². The number of hydrogen-bond acceptors (Lipinski definition) is 5. The van der Waals surface area contributed by atoms with Gasteiger partial charge in [-0.25, -0.2) is 13.1 Å². The van der Waals surface area contributed by atoms with Crippen molar-refractivity contribution in [2.45, 2.75) is 10.8 Å². The van der Waals surface area contributed by atoms with Gasteiger partial charge in [-0.05, 0) is 29.8 Å². The van der Waals surface area contributed by atoms with E-state index in [1.54, 1.807) is 18.5 Å². The van der Waals surface area contributed by atoms with Crippen molar-refractivity contribution >= 4 is 44.0 Å². The van der Waals surface area contributed by atoms with Gasteiger partial charge < -0.3 is 0 Å². The molecule has 1 N–H and O–H groups in total. The summed E-state index contributed by atoms with van der Waals surface area (Å²) in [5.41, 5.74) is 2.32. The molecule has 0 radical (unpaired) electrons. The summed E-state index contributed by atoms with van der Waals surface area (Å²) >= 11 is 6.79. The van der Waals surface area contributed by atoms with Crippen molar-refractivity contribution < 1.29 is 8.42 Å². The summed E-state index contributed by atoms with van der Waals surface area (Å²) in [6, 6.07) is 8.49. The third kappa shape index (κ3) is 3.21. The highest BCUT2D eigenvalue weighted by Gasteiger charge is 2.16. The first-order valence-electron chi connectivity index (χ1n) is 5.99. The Morgan fingerprint density at radius 1 is 1.10 bits per heavy atom. The van der Waals surface area contributed by atoms with Gasteiger partial charge in [-0.15, -0.1) is 11.3 Å². The number of thiophene rings is 1. The largest absolute Gasteiger partial charge is 0.253 e. The van der Waals surface area contributed by atoms with Crippen molar-refractivity contribution in [2.75, 3.05) is 0 Å². The summed E-state index contributed by atoms with van der Waals surface area (Å²) in [6.45, 7) is 0.185. The van der Waals surface area contributed by atoms with Crippen LogP contribution in [0.25, 0.3) is 11.0 Å². The SMILES string of the molecule is O=S(=O)(NCc1ccc2nccnc2c1)c1ccc(Cl)s1. The first-order chi connectivity index (χ1) is 10.0. The molecule has 0 unspecified atom stereocenters. The number of nitrogens with zero attached hydrogens (tertiary/aromatic N) is 2. The van der Waals surface area contributed by atoms with Gasteiger partial charge in [-0.2, -0.15) is 0 Å². The third-order valence-electron chi connectivity index (χ3n) is 2.81. The van der Waals surface area contributed by atoms with Crippen LogP contribution in [-0.4, -0.2) is 18.4 Å². The van der Waals surface area contributed by atoms with Gasteiger partial charge in [0.25, 0.3) is 0 Å². The van der Waals surface area contributed by atoms with Crippen LogP contribution in [0.5, 0.6) is 0 Å². The topological polar surface area (TPSA) is 72.0 Å². The van der Waals surface area contributed by atoms with Crippen LogP contribution in [0.4, 0.5) is 0 Å². The van der Waals surface area contributed by atoms with E-state index in [2.05, 4.69) is 14.7 Å². The van der Waals surface area contributed by atoms with Gasteiger partial charge in [0, 0.05) is 18.9 Å². The molecule has 3 aromatic rings. The number of aromatic nitrogens is 2. The quantitative estimate of drug-likeness (QED) is 0.793. The maximum Gasteiger partial charge on any atom is 0.250 e. The fraction of sp³-hybridized carbons (Fsp3) is 0.0769. The molecule has 0 atom stereocenters. The summed E-state index contributed by atoms with van der Waals surface area (Å²) in [5, 5.41) is 0. The second-order valence-electron chi connectivity index (χ2n) is 4.26. The molecule has 0 saturated heterocycles. The van der Waals surface area contributed by atoms with Gasteiger partial charge in [0.05, 0.1) is 15.4 Å². The van der Waals surface area contributed by atoms with Gasteiger partial charge in [-0.3, -0.25) is 9.97 Å². The molecule has 0 saturated carbocycles. The summed E-state index contributed by atoms with van der Waals surface area (Å²) < 4.78 is 27.4. The average Bonchev–Trinajstić information content (AvgIpc) is 2.92. The molecule has 0 aliphatic carbocycles. The number of rotatable bonds is 4. The predicted molar refractivity (Wildman–Crippen MR) is 82.9 cm³/mol. The lowest BCUT2D eigenvalue weighted by Crippen LogP contribution is -2.22. The molecule has 5 nitrogen and oxygen atoms in total. The summed E-state index contributed by atoms with van der Waals surface area (Å²) in [6.07, 6.45) is 3.22. The van der Waals surface area contributed by atoms with E-state index < -0.39 is 10.0 Å². The molecule has 0 spiro atoms. The molecular formula is C13H10ClN3O2S2. The van der Waals surface area contributed by atoms with E-state index in [-0.39, 0.29) is 10.8 Å². The first kappa shape index (κ1) is 14.4. The van der Waals surface area contributed by atoms with Crippen LogP contribution in [0.15, 0.2) is 46.9 Å². The van der Waals surface area contributed by atoms with Crippen LogP contribution in [0.1, 0.15) is 5.56 Å². The number of halogens is 1. The maximum atomic E-state index is 12.1. The molecule has 2 aromatic heterocycles. The molecule has 8 heteroatoms. The molecule has 108 valence electrons. The van der Waals surface area contributed by atoms with E-state index in [1.165, 1.54) is 6.07 Å². The number of sulfonamides is 1. The van der Waals surface area contributed by atoms with E-state index in [4.69, 9.17) is 11.6 Å². The maximum absolute atomic E-state index is 12.1. The molecule has 0 fully saturated rings. The lowest BCUT2D eigenvalue weighted by Gasteiger charge is -2.05. The summed E-state index contributed by atoms with van der Waals surface area (Å²) in [5.74, 6) is 0. The van der Waals surface area contributed by atoms with Gasteiger partial charge in [-0.1, -0.05) is 17.7 Å². The summed E-state index contributed by atoms with van der Waals surface area (Å²) in [7, 11) is -3.54. The molecule has 1 aromatic carbocycles. The van der Waals surface area contributed by atoms with E-state index in [9.17, 15) is 8.42 Å². The minimum absolute atomic E-state index is 0.185. The molecule has 21 heavy (non-hydrogen) atoms. The van der Waals surface area contributed by atoms with Crippen molar-refractivity contribution in [1.29, 1.82) is 0 Å². The Bertz CT molecular complexity index is 893. The molecule has 0 amide bonds. The Balaban J connectivity index is 1.80. The van der Waals surface area contributed by atoms with Crippen LogP contribution in [-0.2, 0) is 16.6 Å². The van der Waals surface area contributed by atoms with Gasteiger partial charge in [0.2, 0.25) is 10.0 Å². The second kappa shape index (κ2) is 5.69. The standard InChI is InChI=1S/C13H10ClN3O2S2/c14-12-3-4-13(20-12)21(18,19)17-8-9-1-2-10-11(7-9)16-6-5-15-10/h1-7,17H,8H2. The smallest absolute Gasteiger partial charge is 0.250 e. The van der Waals surface area contributed by atoms with Crippen molar-refractivity contribution in [3.8, 4) is 0 Å². The lowest BCUT2D eigenvalue weighted by atomic mass is 10.2. The van der Waals surface area contributed by atoms with Gasteiger partial charge in [0.1, 0.15) is 4.21 Å². The minimum Gasteiger partial charge on any atom is -0.253 e. The van der Waals surface area contributed by atoms with Crippen LogP contribution in [0.3, 0.4) is 0 Å². The predicted octanol–water partition coefficient (Wildman–Crippen LogP) is 2.82. The average molecular weight is 340 g/mol. The molecule has 0 bridgehead atoms. The van der Waals surface area contributed by atoms with Gasteiger partial charge >= 0.3 is 0 Å². The highest BCUT2D eigenvalue weighted by molar-refractivity contribution is 7.91. The Hall–Kier alpha value is -1.54. The van der Waals surface area contributed by atoms with E-state index >= 15 is 0 Å².